The lowest BCUT2D eigenvalue weighted by Crippen LogP contribution is -2.38. The fourth-order valence-corrected chi connectivity index (χ4v) is 3.91. The van der Waals surface area contributed by atoms with Gasteiger partial charge in [0.25, 0.3) is 0 Å². The smallest absolute Gasteiger partial charge is 0.191 e. The van der Waals surface area contributed by atoms with Crippen LogP contribution in [-0.2, 0) is 11.3 Å². The summed E-state index contributed by atoms with van der Waals surface area (Å²) in [5, 5.41) is 6.79. The van der Waals surface area contributed by atoms with Crippen molar-refractivity contribution in [1.29, 1.82) is 0 Å². The van der Waals surface area contributed by atoms with Crippen molar-refractivity contribution in [2.45, 2.75) is 18.4 Å². The number of ether oxygens (including phenoxy) is 1. The van der Waals surface area contributed by atoms with Gasteiger partial charge in [0.2, 0.25) is 0 Å². The summed E-state index contributed by atoms with van der Waals surface area (Å²) in [6.45, 7) is 7.94. The van der Waals surface area contributed by atoms with E-state index in [1.165, 1.54) is 16.1 Å². The SMILES string of the molecule is CCNC(=NCc1ccccc1N1CCOCC1)NCCSc1ccccc1.I. The van der Waals surface area contributed by atoms with E-state index in [0.717, 1.165) is 51.1 Å². The Labute approximate surface area is 195 Å². The Kier molecular flexibility index (Phi) is 11.3. The van der Waals surface area contributed by atoms with Crippen LogP contribution in [0.5, 0.6) is 0 Å². The van der Waals surface area contributed by atoms with Gasteiger partial charge in [-0.25, -0.2) is 4.99 Å². The third-order valence-electron chi connectivity index (χ3n) is 4.50. The van der Waals surface area contributed by atoms with E-state index in [-0.39, 0.29) is 24.0 Å². The van der Waals surface area contributed by atoms with Crippen molar-refractivity contribution < 1.29 is 4.74 Å². The van der Waals surface area contributed by atoms with E-state index in [1.807, 2.05) is 17.8 Å². The van der Waals surface area contributed by atoms with Gasteiger partial charge in [0.05, 0.1) is 19.8 Å². The molecular weight excluding hydrogens is 495 g/mol. The highest BCUT2D eigenvalue weighted by Gasteiger charge is 2.14. The van der Waals surface area contributed by atoms with Gasteiger partial charge in [0, 0.05) is 42.5 Å². The van der Waals surface area contributed by atoms with Crippen molar-refractivity contribution in [3.8, 4) is 0 Å². The standard InChI is InChI=1S/C22H30N4OS.HI/c1-2-23-22(24-12-17-28-20-9-4-3-5-10-20)25-18-19-8-6-7-11-21(19)26-13-15-27-16-14-26;/h3-11H,2,12-18H2,1H3,(H2,23,24,25);1H. The summed E-state index contributed by atoms with van der Waals surface area (Å²) >= 11 is 1.85. The molecule has 1 fully saturated rings. The van der Waals surface area contributed by atoms with Crippen molar-refractivity contribution in [2.24, 2.45) is 4.99 Å². The van der Waals surface area contributed by atoms with Crippen LogP contribution in [0.25, 0.3) is 0 Å². The van der Waals surface area contributed by atoms with E-state index in [9.17, 15) is 0 Å². The molecule has 2 aromatic carbocycles. The van der Waals surface area contributed by atoms with E-state index < -0.39 is 0 Å². The third kappa shape index (κ3) is 8.06. The number of aliphatic imine (C=N–C) groups is 1. The van der Waals surface area contributed by atoms with Crippen molar-refractivity contribution in [1.82, 2.24) is 10.6 Å². The molecule has 1 aliphatic rings. The molecule has 2 N–H and O–H groups in total. The maximum absolute atomic E-state index is 5.49. The fourth-order valence-electron chi connectivity index (χ4n) is 3.12. The summed E-state index contributed by atoms with van der Waals surface area (Å²) in [5.74, 6) is 1.87. The number of nitrogens with one attached hydrogen (secondary N) is 2. The summed E-state index contributed by atoms with van der Waals surface area (Å²) in [6, 6.07) is 19.0. The molecule has 0 radical (unpaired) electrons. The molecule has 0 atom stereocenters. The highest BCUT2D eigenvalue weighted by molar-refractivity contribution is 14.0. The molecule has 29 heavy (non-hydrogen) atoms. The lowest BCUT2D eigenvalue weighted by Gasteiger charge is -2.30. The molecule has 1 aliphatic heterocycles. The van der Waals surface area contributed by atoms with Gasteiger partial charge in [-0.05, 0) is 30.7 Å². The first-order valence-electron chi connectivity index (χ1n) is 9.97. The highest BCUT2D eigenvalue weighted by Crippen LogP contribution is 2.22. The Morgan fingerprint density at radius 2 is 1.76 bits per heavy atom. The molecule has 5 nitrogen and oxygen atoms in total. The lowest BCUT2D eigenvalue weighted by molar-refractivity contribution is 0.122. The van der Waals surface area contributed by atoms with Crippen molar-refractivity contribution in [3.63, 3.8) is 0 Å². The quantitative estimate of drug-likeness (QED) is 0.179. The van der Waals surface area contributed by atoms with Crippen LogP contribution in [0.1, 0.15) is 12.5 Å². The predicted molar refractivity (Wildman–Crippen MR) is 135 cm³/mol. The second-order valence-electron chi connectivity index (χ2n) is 6.51. The molecule has 1 saturated heterocycles. The number of guanidine groups is 1. The van der Waals surface area contributed by atoms with Gasteiger partial charge >= 0.3 is 0 Å². The minimum atomic E-state index is 0. The van der Waals surface area contributed by atoms with Gasteiger partial charge in [-0.15, -0.1) is 35.7 Å². The van der Waals surface area contributed by atoms with Crippen molar-refractivity contribution in [3.05, 3.63) is 60.2 Å². The first-order valence-corrected chi connectivity index (χ1v) is 11.0. The number of thioether (sulfide) groups is 1. The normalized spacial score (nSPS) is 14.2. The fraction of sp³-hybridized carbons (Fsp3) is 0.409. The molecule has 0 spiro atoms. The van der Waals surface area contributed by atoms with Gasteiger partial charge in [-0.3, -0.25) is 0 Å². The zero-order valence-corrected chi connectivity index (χ0v) is 20.1. The van der Waals surface area contributed by atoms with E-state index in [0.29, 0.717) is 6.54 Å². The Morgan fingerprint density at radius 3 is 2.52 bits per heavy atom. The molecular formula is C22H31IN4OS. The average molecular weight is 526 g/mol. The van der Waals surface area contributed by atoms with Crippen LogP contribution < -0.4 is 15.5 Å². The average Bonchev–Trinajstić information content (AvgIpc) is 2.76. The minimum Gasteiger partial charge on any atom is -0.378 e. The number of hydrogen-bond donors (Lipinski definition) is 2. The molecule has 1 heterocycles. The van der Waals surface area contributed by atoms with E-state index in [4.69, 9.17) is 9.73 Å². The first kappa shape index (κ1) is 23.8. The molecule has 0 unspecified atom stereocenters. The van der Waals surface area contributed by atoms with Gasteiger partial charge in [-0.1, -0.05) is 36.4 Å². The highest BCUT2D eigenvalue weighted by atomic mass is 127. The van der Waals surface area contributed by atoms with Crippen LogP contribution in [0.4, 0.5) is 5.69 Å². The lowest BCUT2D eigenvalue weighted by atomic mass is 10.1. The number of morpholine rings is 1. The van der Waals surface area contributed by atoms with Crippen LogP contribution in [-0.4, -0.2) is 51.1 Å². The number of anilines is 1. The van der Waals surface area contributed by atoms with Gasteiger partial charge in [0.15, 0.2) is 5.96 Å². The molecule has 3 rings (SSSR count). The minimum absolute atomic E-state index is 0. The summed E-state index contributed by atoms with van der Waals surface area (Å²) < 4.78 is 5.49. The van der Waals surface area contributed by atoms with Crippen LogP contribution in [0, 0.1) is 0 Å². The third-order valence-corrected chi connectivity index (χ3v) is 5.52. The van der Waals surface area contributed by atoms with Gasteiger partial charge < -0.3 is 20.3 Å². The summed E-state index contributed by atoms with van der Waals surface area (Å²) in [7, 11) is 0. The Morgan fingerprint density at radius 1 is 1.03 bits per heavy atom. The molecule has 2 aromatic rings. The molecule has 0 aromatic heterocycles. The van der Waals surface area contributed by atoms with Crippen LogP contribution in [0.2, 0.25) is 0 Å². The second-order valence-corrected chi connectivity index (χ2v) is 7.68. The van der Waals surface area contributed by atoms with Gasteiger partial charge in [0.1, 0.15) is 0 Å². The summed E-state index contributed by atoms with van der Waals surface area (Å²) in [5.41, 5.74) is 2.52. The van der Waals surface area contributed by atoms with E-state index >= 15 is 0 Å². The molecule has 0 amide bonds. The molecule has 0 bridgehead atoms. The number of halogens is 1. The van der Waals surface area contributed by atoms with E-state index in [2.05, 4.69) is 71.0 Å². The maximum Gasteiger partial charge on any atom is 0.191 e. The Bertz CT molecular complexity index is 739. The first-order chi connectivity index (χ1) is 13.9. The van der Waals surface area contributed by atoms with Crippen LogP contribution in [0.15, 0.2) is 64.5 Å². The van der Waals surface area contributed by atoms with Crippen LogP contribution in [0.3, 0.4) is 0 Å². The largest absolute Gasteiger partial charge is 0.378 e. The van der Waals surface area contributed by atoms with Crippen molar-refractivity contribution in [2.75, 3.05) is 50.0 Å². The van der Waals surface area contributed by atoms with E-state index in [1.54, 1.807) is 0 Å². The predicted octanol–water partition coefficient (Wildman–Crippen LogP) is 3.99. The second kappa shape index (κ2) is 13.7. The molecule has 158 valence electrons. The maximum atomic E-state index is 5.49. The Hall–Kier alpha value is -1.45. The Balaban J connectivity index is 0.00000300. The number of rotatable bonds is 8. The topological polar surface area (TPSA) is 48.9 Å². The van der Waals surface area contributed by atoms with Crippen LogP contribution >= 0.6 is 35.7 Å². The number of para-hydroxylation sites is 1. The molecule has 7 heteroatoms. The summed E-state index contributed by atoms with van der Waals surface area (Å²) in [4.78, 5) is 8.50. The number of nitrogens with zero attached hydrogens (tertiary/aromatic N) is 2. The van der Waals surface area contributed by atoms with Gasteiger partial charge in [-0.2, -0.15) is 0 Å². The molecule has 0 saturated carbocycles. The zero-order valence-electron chi connectivity index (χ0n) is 17.0. The number of benzene rings is 2. The zero-order chi connectivity index (χ0) is 19.4. The van der Waals surface area contributed by atoms with Crippen molar-refractivity contribution >= 4 is 47.4 Å². The monoisotopic (exact) mass is 526 g/mol. The number of hydrogen-bond acceptors (Lipinski definition) is 4. The summed E-state index contributed by atoms with van der Waals surface area (Å²) in [6.07, 6.45) is 0. The molecule has 0 aliphatic carbocycles.